The summed E-state index contributed by atoms with van der Waals surface area (Å²) in [5.74, 6) is 1.61. The first-order valence-corrected chi connectivity index (χ1v) is 7.65. The van der Waals surface area contributed by atoms with Crippen LogP contribution < -0.4 is 14.8 Å². The normalized spacial score (nSPS) is 19.8. The molecule has 1 N–H and O–H groups in total. The van der Waals surface area contributed by atoms with Gasteiger partial charge < -0.3 is 14.8 Å². The molecule has 3 heteroatoms. The fourth-order valence-electron chi connectivity index (χ4n) is 3.21. The number of benzene rings is 1. The third-order valence-corrected chi connectivity index (χ3v) is 3.72. The minimum Gasteiger partial charge on any atom is -0.497 e. The topological polar surface area (TPSA) is 30.5 Å². The summed E-state index contributed by atoms with van der Waals surface area (Å²) in [6.45, 7) is 8.89. The molecular weight excluding hydrogens is 274 g/mol. The van der Waals surface area contributed by atoms with Crippen molar-refractivity contribution < 1.29 is 9.47 Å². The highest BCUT2D eigenvalue weighted by molar-refractivity contribution is 5.58. The standard InChI is InChI=1S/C19H27NO2/c1-18(2)12-15(13-19(3,4)20-18)8-7-14-9-16(21-5)11-17(10-14)22-6/h7-12,20H,13H2,1-6H3/b8-7+. The second-order valence-electron chi connectivity index (χ2n) is 7.11. The van der Waals surface area contributed by atoms with Crippen LogP contribution >= 0.6 is 0 Å². The molecule has 2 rings (SSSR count). The lowest BCUT2D eigenvalue weighted by atomic mass is 9.83. The van der Waals surface area contributed by atoms with Gasteiger partial charge in [-0.3, -0.25) is 0 Å². The predicted octanol–water partition coefficient (Wildman–Crippen LogP) is 4.19. The molecule has 0 bridgehead atoms. The van der Waals surface area contributed by atoms with Crippen LogP contribution in [0.2, 0.25) is 0 Å². The monoisotopic (exact) mass is 301 g/mol. The molecule has 3 nitrogen and oxygen atoms in total. The molecule has 120 valence electrons. The fraction of sp³-hybridized carbons (Fsp3) is 0.474. The Morgan fingerprint density at radius 2 is 1.55 bits per heavy atom. The molecule has 0 fully saturated rings. The number of methoxy groups -OCH3 is 2. The van der Waals surface area contributed by atoms with Crippen LogP contribution in [0, 0.1) is 0 Å². The van der Waals surface area contributed by atoms with Gasteiger partial charge in [-0.25, -0.2) is 0 Å². The van der Waals surface area contributed by atoms with Crippen molar-refractivity contribution in [3.63, 3.8) is 0 Å². The molecule has 1 heterocycles. The van der Waals surface area contributed by atoms with Crippen LogP contribution in [0.25, 0.3) is 6.08 Å². The van der Waals surface area contributed by atoms with E-state index in [0.717, 1.165) is 23.5 Å². The first-order valence-electron chi connectivity index (χ1n) is 7.65. The zero-order valence-electron chi connectivity index (χ0n) is 14.5. The van der Waals surface area contributed by atoms with Gasteiger partial charge in [-0.05, 0) is 57.4 Å². The van der Waals surface area contributed by atoms with Crippen LogP contribution in [0.4, 0.5) is 0 Å². The van der Waals surface area contributed by atoms with E-state index >= 15 is 0 Å². The van der Waals surface area contributed by atoms with E-state index in [9.17, 15) is 0 Å². The van der Waals surface area contributed by atoms with Gasteiger partial charge in [-0.1, -0.05) is 18.2 Å². The summed E-state index contributed by atoms with van der Waals surface area (Å²) in [4.78, 5) is 0. The molecule has 22 heavy (non-hydrogen) atoms. The van der Waals surface area contributed by atoms with E-state index in [4.69, 9.17) is 9.47 Å². The Labute approximate surface area is 134 Å². The van der Waals surface area contributed by atoms with E-state index in [-0.39, 0.29) is 11.1 Å². The van der Waals surface area contributed by atoms with Crippen LogP contribution in [0.5, 0.6) is 11.5 Å². The summed E-state index contributed by atoms with van der Waals surface area (Å²) in [7, 11) is 3.34. The summed E-state index contributed by atoms with van der Waals surface area (Å²) >= 11 is 0. The van der Waals surface area contributed by atoms with Crippen LogP contribution in [0.15, 0.2) is 35.9 Å². The molecule has 1 aliphatic heterocycles. The molecule has 1 aromatic carbocycles. The fourth-order valence-corrected chi connectivity index (χ4v) is 3.21. The van der Waals surface area contributed by atoms with Crippen molar-refractivity contribution in [3.8, 4) is 11.5 Å². The number of nitrogens with one attached hydrogen (secondary N) is 1. The highest BCUT2D eigenvalue weighted by Crippen LogP contribution is 2.29. The maximum Gasteiger partial charge on any atom is 0.123 e. The molecule has 1 aliphatic rings. The number of rotatable bonds is 4. The quantitative estimate of drug-likeness (QED) is 0.904. The Hall–Kier alpha value is -1.74. The molecule has 0 unspecified atom stereocenters. The van der Waals surface area contributed by atoms with Crippen molar-refractivity contribution in [2.24, 2.45) is 0 Å². The van der Waals surface area contributed by atoms with Gasteiger partial charge in [0.1, 0.15) is 11.5 Å². The van der Waals surface area contributed by atoms with Crippen molar-refractivity contribution in [1.82, 2.24) is 5.32 Å². The molecule has 0 saturated heterocycles. The lowest BCUT2D eigenvalue weighted by molar-refractivity contribution is 0.286. The first-order chi connectivity index (χ1) is 10.2. The molecular formula is C19H27NO2. The van der Waals surface area contributed by atoms with Crippen molar-refractivity contribution in [1.29, 1.82) is 0 Å². The van der Waals surface area contributed by atoms with Gasteiger partial charge in [0.25, 0.3) is 0 Å². The van der Waals surface area contributed by atoms with Crippen LogP contribution in [-0.4, -0.2) is 25.3 Å². The summed E-state index contributed by atoms with van der Waals surface area (Å²) in [5, 5.41) is 3.65. The molecule has 0 radical (unpaired) electrons. The minimum absolute atomic E-state index is 0.00743. The molecule has 0 atom stereocenters. The van der Waals surface area contributed by atoms with Crippen molar-refractivity contribution in [2.45, 2.75) is 45.2 Å². The summed E-state index contributed by atoms with van der Waals surface area (Å²) in [6, 6.07) is 5.90. The van der Waals surface area contributed by atoms with E-state index < -0.39 is 0 Å². The molecule has 0 amide bonds. The average molecular weight is 301 g/mol. The zero-order chi connectivity index (χ0) is 16.4. The Morgan fingerprint density at radius 3 is 2.05 bits per heavy atom. The number of hydrogen-bond acceptors (Lipinski definition) is 3. The third kappa shape index (κ3) is 4.38. The van der Waals surface area contributed by atoms with Crippen LogP contribution in [-0.2, 0) is 0 Å². The van der Waals surface area contributed by atoms with Gasteiger partial charge >= 0.3 is 0 Å². The van der Waals surface area contributed by atoms with Crippen molar-refractivity contribution in [2.75, 3.05) is 14.2 Å². The number of hydrogen-bond donors (Lipinski definition) is 1. The van der Waals surface area contributed by atoms with Gasteiger partial charge in [-0.2, -0.15) is 0 Å². The summed E-state index contributed by atoms with van der Waals surface area (Å²) < 4.78 is 10.6. The lowest BCUT2D eigenvalue weighted by Crippen LogP contribution is -2.53. The number of ether oxygens (including phenoxy) is 2. The number of allylic oxidation sites excluding steroid dienone is 1. The SMILES string of the molecule is COc1cc(/C=C/C2=CC(C)(C)NC(C)(C)C2)cc(OC)c1. The Bertz CT molecular complexity index is 575. The summed E-state index contributed by atoms with van der Waals surface area (Å²) in [5.41, 5.74) is 2.53. The maximum atomic E-state index is 5.32. The first kappa shape index (κ1) is 16.6. The van der Waals surface area contributed by atoms with Gasteiger partial charge in [0.05, 0.1) is 14.2 Å². The second-order valence-corrected chi connectivity index (χ2v) is 7.11. The minimum atomic E-state index is 0.00743. The average Bonchev–Trinajstić information content (AvgIpc) is 2.41. The summed E-state index contributed by atoms with van der Waals surface area (Å²) in [6.07, 6.45) is 7.62. The van der Waals surface area contributed by atoms with Gasteiger partial charge in [0.15, 0.2) is 0 Å². The van der Waals surface area contributed by atoms with Gasteiger partial charge in [-0.15, -0.1) is 0 Å². The Morgan fingerprint density at radius 1 is 0.955 bits per heavy atom. The van der Waals surface area contributed by atoms with Crippen LogP contribution in [0.3, 0.4) is 0 Å². The predicted molar refractivity (Wildman–Crippen MR) is 92.6 cm³/mol. The second kappa shape index (κ2) is 6.17. The molecule has 0 saturated carbocycles. The van der Waals surface area contributed by atoms with E-state index in [1.807, 2.05) is 18.2 Å². The highest BCUT2D eigenvalue weighted by Gasteiger charge is 2.31. The third-order valence-electron chi connectivity index (χ3n) is 3.72. The van der Waals surface area contributed by atoms with E-state index in [1.165, 1.54) is 5.57 Å². The van der Waals surface area contributed by atoms with Crippen molar-refractivity contribution in [3.05, 3.63) is 41.5 Å². The van der Waals surface area contributed by atoms with Crippen molar-refractivity contribution >= 4 is 6.08 Å². The van der Waals surface area contributed by atoms with Crippen LogP contribution in [0.1, 0.15) is 39.7 Å². The van der Waals surface area contributed by atoms with Gasteiger partial charge in [0, 0.05) is 17.1 Å². The maximum absolute atomic E-state index is 5.32. The Balaban J connectivity index is 2.26. The largest absolute Gasteiger partial charge is 0.497 e. The van der Waals surface area contributed by atoms with E-state index in [1.54, 1.807) is 14.2 Å². The van der Waals surface area contributed by atoms with Gasteiger partial charge in [0.2, 0.25) is 0 Å². The zero-order valence-corrected chi connectivity index (χ0v) is 14.5. The van der Waals surface area contributed by atoms with E-state index in [0.29, 0.717) is 0 Å². The molecule has 0 aromatic heterocycles. The molecule has 1 aromatic rings. The highest BCUT2D eigenvalue weighted by atomic mass is 16.5. The Kier molecular flexibility index (Phi) is 4.66. The smallest absolute Gasteiger partial charge is 0.123 e. The van der Waals surface area contributed by atoms with E-state index in [2.05, 4.69) is 51.2 Å². The lowest BCUT2D eigenvalue weighted by Gasteiger charge is -2.40. The molecule has 0 aliphatic carbocycles. The molecule has 0 spiro atoms.